The van der Waals surface area contributed by atoms with Gasteiger partial charge in [-0.05, 0) is 0 Å². The van der Waals surface area contributed by atoms with E-state index in [2.05, 4.69) is 0 Å². The first-order valence-corrected chi connectivity index (χ1v) is 2.98. The van der Waals surface area contributed by atoms with Crippen LogP contribution in [0.2, 0.25) is 0 Å². The first-order chi connectivity index (χ1) is 4.54. The summed E-state index contributed by atoms with van der Waals surface area (Å²) in [5, 5.41) is 15.4. The van der Waals surface area contributed by atoms with Gasteiger partial charge in [-0.15, -0.1) is 0 Å². The molecule has 0 aliphatic heterocycles. The van der Waals surface area contributed by atoms with E-state index in [9.17, 15) is 9.59 Å². The van der Waals surface area contributed by atoms with Crippen LogP contribution in [0.1, 0.15) is 26.7 Å². The zero-order valence-electron chi connectivity index (χ0n) is 6.13. The zero-order chi connectivity index (χ0) is 8.57. The van der Waals surface area contributed by atoms with Crippen LogP contribution in [0.4, 0.5) is 0 Å². The fourth-order valence-corrected chi connectivity index (χ4v) is 0. The Labute approximate surface area is 173 Å². The van der Waals surface area contributed by atoms with E-state index in [-0.39, 0.29) is 131 Å². The topological polar surface area (TPSA) is 74.6 Å². The van der Waals surface area contributed by atoms with Gasteiger partial charge in [0.2, 0.25) is 0 Å². The van der Waals surface area contributed by atoms with Gasteiger partial charge in [-0.2, -0.15) is 0 Å². The van der Waals surface area contributed by atoms with Crippen LogP contribution in [0, 0.1) is 0 Å². The van der Waals surface area contributed by atoms with E-state index in [1.54, 1.807) is 13.8 Å². The molecule has 0 aliphatic carbocycles. The number of aliphatic carboxylic acids is 2. The Morgan fingerprint density at radius 3 is 0.857 bits per heavy atom. The Balaban J connectivity index is -0.0000000178. The minimum atomic E-state index is -0.745. The molecule has 2 N–H and O–H groups in total. The molecule has 0 aliphatic rings. The normalized spacial score (nSPS) is 5.29. The van der Waals surface area contributed by atoms with Crippen molar-refractivity contribution in [3.05, 3.63) is 0 Å². The van der Waals surface area contributed by atoms with Crippen molar-refractivity contribution in [1.29, 1.82) is 0 Å². The van der Waals surface area contributed by atoms with Crippen LogP contribution in [0.3, 0.4) is 0 Å². The number of carboxylic acids is 2. The van der Waals surface area contributed by atoms with Crippen molar-refractivity contribution in [2.24, 2.45) is 0 Å². The molecule has 68 valence electrons. The summed E-state index contributed by atoms with van der Waals surface area (Å²) in [4.78, 5) is 18.7. The number of rotatable bonds is 2. The molecule has 0 aromatic heterocycles. The molecule has 0 spiro atoms. The Morgan fingerprint density at radius 1 is 0.786 bits per heavy atom. The van der Waals surface area contributed by atoms with Gasteiger partial charge in [0.25, 0.3) is 0 Å². The Hall–Kier alpha value is 2.94. The number of hydrogen-bond donors (Lipinski definition) is 2. The van der Waals surface area contributed by atoms with Crippen LogP contribution in [-0.2, 0) is 9.59 Å². The Morgan fingerprint density at radius 2 is 0.857 bits per heavy atom. The molecule has 0 bridgehead atoms. The quantitative estimate of drug-likeness (QED) is 0.572. The molecule has 0 atom stereocenters. The summed E-state index contributed by atoms with van der Waals surface area (Å²) in [6.45, 7) is 3.20. The SMILES string of the molecule is CCC(=O)O.CCC(=O)O.[NaH].[NaH].[NaH].[NaH]. The molecule has 0 aromatic rings. The molecule has 0 fully saturated rings. The van der Waals surface area contributed by atoms with Gasteiger partial charge in [0.1, 0.15) is 0 Å². The minimum absolute atomic E-state index is 0. The third kappa shape index (κ3) is 60.3. The third-order valence-electron chi connectivity index (χ3n) is 0.605. The predicted molar refractivity (Wildman–Crippen MR) is 64.4 cm³/mol. The van der Waals surface area contributed by atoms with Crippen molar-refractivity contribution in [2.45, 2.75) is 26.7 Å². The molecule has 0 radical (unpaired) electrons. The molecule has 0 heterocycles. The second kappa shape index (κ2) is 29.7. The van der Waals surface area contributed by atoms with Crippen molar-refractivity contribution >= 4 is 130 Å². The predicted octanol–water partition coefficient (Wildman–Crippen LogP) is -1.63. The van der Waals surface area contributed by atoms with Gasteiger partial charge in [0.05, 0.1) is 0 Å². The molecule has 0 unspecified atom stereocenters. The van der Waals surface area contributed by atoms with Gasteiger partial charge >= 0.3 is 130 Å². The first kappa shape index (κ1) is 36.0. The van der Waals surface area contributed by atoms with Crippen molar-refractivity contribution in [3.63, 3.8) is 0 Å². The van der Waals surface area contributed by atoms with Crippen LogP contribution in [0.15, 0.2) is 0 Å². The summed E-state index contributed by atoms with van der Waals surface area (Å²) in [5.74, 6) is -1.49. The summed E-state index contributed by atoms with van der Waals surface area (Å²) in [6, 6.07) is 0. The van der Waals surface area contributed by atoms with Crippen LogP contribution in [0.25, 0.3) is 0 Å². The average Bonchev–Trinajstić information content (AvgIpc) is 1.89. The molecule has 8 heteroatoms. The molecule has 0 saturated heterocycles. The van der Waals surface area contributed by atoms with Crippen LogP contribution < -0.4 is 0 Å². The number of carbonyl (C=O) groups is 2. The molecule has 0 amide bonds. The molecular formula is C6H16Na4O4. The van der Waals surface area contributed by atoms with Crippen LogP contribution in [0.5, 0.6) is 0 Å². The molecule has 0 aromatic carbocycles. The zero-order valence-corrected chi connectivity index (χ0v) is 6.13. The number of carboxylic acid groups (broad SMARTS) is 2. The van der Waals surface area contributed by atoms with Crippen LogP contribution >= 0.6 is 0 Å². The molecule has 14 heavy (non-hydrogen) atoms. The van der Waals surface area contributed by atoms with Gasteiger partial charge in [0, 0.05) is 12.8 Å². The van der Waals surface area contributed by atoms with Crippen molar-refractivity contribution in [3.8, 4) is 0 Å². The van der Waals surface area contributed by atoms with E-state index in [1.165, 1.54) is 0 Å². The van der Waals surface area contributed by atoms with E-state index in [0.717, 1.165) is 0 Å². The Kier molecular flexibility index (Phi) is 76.4. The van der Waals surface area contributed by atoms with Crippen LogP contribution in [-0.4, -0.2) is 140 Å². The fourth-order valence-electron chi connectivity index (χ4n) is 0. The summed E-state index contributed by atoms with van der Waals surface area (Å²) < 4.78 is 0. The fraction of sp³-hybridized carbons (Fsp3) is 0.667. The van der Waals surface area contributed by atoms with Crippen molar-refractivity contribution < 1.29 is 19.8 Å². The van der Waals surface area contributed by atoms with E-state index < -0.39 is 11.9 Å². The molecule has 4 nitrogen and oxygen atoms in total. The summed E-state index contributed by atoms with van der Waals surface area (Å²) in [7, 11) is 0. The summed E-state index contributed by atoms with van der Waals surface area (Å²) >= 11 is 0. The average molecular weight is 244 g/mol. The van der Waals surface area contributed by atoms with Crippen molar-refractivity contribution in [1.82, 2.24) is 0 Å². The maximum absolute atomic E-state index is 9.37. The first-order valence-electron chi connectivity index (χ1n) is 2.98. The molecule has 0 saturated carbocycles. The second-order valence-electron chi connectivity index (χ2n) is 1.49. The van der Waals surface area contributed by atoms with Gasteiger partial charge in [-0.1, -0.05) is 13.8 Å². The molecular weight excluding hydrogens is 228 g/mol. The summed E-state index contributed by atoms with van der Waals surface area (Å²) in [6.07, 6.45) is 0.444. The van der Waals surface area contributed by atoms with Gasteiger partial charge < -0.3 is 10.2 Å². The standard InChI is InChI=1S/2C3H6O2.4Na.4H/c2*1-2-3(4)5;;;;;;;;/h2*2H2,1H3,(H,4,5);;;;;;;;. The monoisotopic (exact) mass is 244 g/mol. The number of hydrogen-bond acceptors (Lipinski definition) is 2. The van der Waals surface area contributed by atoms with Gasteiger partial charge in [-0.25, -0.2) is 0 Å². The Bertz CT molecular complexity index is 106. The van der Waals surface area contributed by atoms with Gasteiger partial charge in [0.15, 0.2) is 0 Å². The maximum atomic E-state index is 9.37. The van der Waals surface area contributed by atoms with Crippen molar-refractivity contribution in [2.75, 3.05) is 0 Å². The van der Waals surface area contributed by atoms with E-state index in [0.29, 0.717) is 0 Å². The third-order valence-corrected chi connectivity index (χ3v) is 0.605. The van der Waals surface area contributed by atoms with E-state index in [4.69, 9.17) is 10.2 Å². The van der Waals surface area contributed by atoms with Gasteiger partial charge in [-0.3, -0.25) is 9.59 Å². The molecule has 0 rings (SSSR count). The summed E-state index contributed by atoms with van der Waals surface area (Å²) in [5.41, 5.74) is 0. The second-order valence-corrected chi connectivity index (χ2v) is 1.49. The van der Waals surface area contributed by atoms with E-state index >= 15 is 0 Å². The van der Waals surface area contributed by atoms with E-state index in [1.807, 2.05) is 0 Å².